The molecule has 0 radical (unpaired) electrons. The molecule has 0 aromatic carbocycles. The second-order valence-electron chi connectivity index (χ2n) is 21.9. The molecule has 7 atom stereocenters. The van der Waals surface area contributed by atoms with Crippen LogP contribution in [-0.4, -0.2) is 87.5 Å². The van der Waals surface area contributed by atoms with Crippen LogP contribution in [0.2, 0.25) is 0 Å². The van der Waals surface area contributed by atoms with Crippen LogP contribution in [0, 0.1) is 0 Å². The molecular weight excluding hydrogens is 875 g/mol. The minimum absolute atomic E-state index is 0.132. The Morgan fingerprint density at radius 1 is 0.471 bits per heavy atom. The lowest BCUT2D eigenvalue weighted by molar-refractivity contribution is -0.302. The van der Waals surface area contributed by atoms with E-state index in [9.17, 15) is 30.3 Å². The summed E-state index contributed by atoms with van der Waals surface area (Å²) in [6.45, 7) is 3.88. The number of hydrogen-bond donors (Lipinski definition) is 6. The minimum Gasteiger partial charge on any atom is -0.394 e. The van der Waals surface area contributed by atoms with Crippen molar-refractivity contribution in [1.82, 2.24) is 5.32 Å². The highest BCUT2D eigenvalue weighted by Crippen LogP contribution is 2.23. The molecular formula is C61H119NO8. The highest BCUT2D eigenvalue weighted by molar-refractivity contribution is 5.76. The maximum Gasteiger partial charge on any atom is 0.220 e. The smallest absolute Gasteiger partial charge is 0.220 e. The summed E-state index contributed by atoms with van der Waals surface area (Å²) in [7, 11) is 0. The summed E-state index contributed by atoms with van der Waals surface area (Å²) >= 11 is 0. The molecule has 416 valence electrons. The van der Waals surface area contributed by atoms with E-state index in [2.05, 4.69) is 31.3 Å². The Morgan fingerprint density at radius 3 is 1.16 bits per heavy atom. The average Bonchev–Trinajstić information content (AvgIpc) is 3.36. The van der Waals surface area contributed by atoms with E-state index in [1.165, 1.54) is 250 Å². The predicted octanol–water partition coefficient (Wildman–Crippen LogP) is 15.6. The number of amides is 1. The minimum atomic E-state index is -1.55. The zero-order chi connectivity index (χ0) is 50.8. The van der Waals surface area contributed by atoms with E-state index in [0.717, 1.165) is 38.5 Å². The number of aliphatic hydroxyl groups is 5. The van der Waals surface area contributed by atoms with Gasteiger partial charge in [-0.2, -0.15) is 0 Å². The number of aliphatic hydroxyl groups excluding tert-OH is 5. The lowest BCUT2D eigenvalue weighted by atomic mass is 9.99. The molecule has 1 amide bonds. The van der Waals surface area contributed by atoms with E-state index in [1.54, 1.807) is 0 Å². The van der Waals surface area contributed by atoms with Gasteiger partial charge in [0, 0.05) is 6.42 Å². The molecule has 9 heteroatoms. The molecule has 1 aliphatic heterocycles. The molecule has 0 aliphatic carbocycles. The van der Waals surface area contributed by atoms with Crippen LogP contribution in [0.5, 0.6) is 0 Å². The molecule has 0 bridgehead atoms. The SMILES string of the molecule is CCCCCCCCCC/C=C\CCCCCCCCCCCCCCCCCCCCCC(=O)NC(COC1OC(CO)C(O)C(O)C1O)C(O)CCCCCCCCCCCCCCCCCC. The number of ether oxygens (including phenoxy) is 2. The van der Waals surface area contributed by atoms with Gasteiger partial charge in [-0.3, -0.25) is 4.79 Å². The van der Waals surface area contributed by atoms with Gasteiger partial charge in [-0.25, -0.2) is 0 Å². The molecule has 1 fully saturated rings. The van der Waals surface area contributed by atoms with Crippen LogP contribution in [0.25, 0.3) is 0 Å². The van der Waals surface area contributed by atoms with E-state index in [-0.39, 0.29) is 12.5 Å². The zero-order valence-electron chi connectivity index (χ0n) is 46.3. The summed E-state index contributed by atoms with van der Waals surface area (Å²) in [6, 6.07) is -0.715. The van der Waals surface area contributed by atoms with Crippen LogP contribution >= 0.6 is 0 Å². The normalized spacial score (nSPS) is 19.3. The topological polar surface area (TPSA) is 149 Å². The number of allylic oxidation sites excluding steroid dienone is 2. The van der Waals surface area contributed by atoms with Gasteiger partial charge in [0.15, 0.2) is 6.29 Å². The van der Waals surface area contributed by atoms with Crippen molar-refractivity contribution < 1.29 is 39.8 Å². The molecule has 0 spiro atoms. The molecule has 0 aromatic heterocycles. The van der Waals surface area contributed by atoms with Gasteiger partial charge < -0.3 is 40.3 Å². The first-order chi connectivity index (χ1) is 34.3. The van der Waals surface area contributed by atoms with E-state index in [1.807, 2.05) is 0 Å². The van der Waals surface area contributed by atoms with Gasteiger partial charge in [-0.1, -0.05) is 283 Å². The molecule has 1 heterocycles. The summed E-state index contributed by atoms with van der Waals surface area (Å²) in [4.78, 5) is 13.1. The third kappa shape index (κ3) is 40.3. The van der Waals surface area contributed by atoms with Crippen molar-refractivity contribution in [2.45, 2.75) is 358 Å². The first-order valence-corrected chi connectivity index (χ1v) is 30.9. The zero-order valence-corrected chi connectivity index (χ0v) is 46.3. The molecule has 1 rings (SSSR count). The molecule has 9 nitrogen and oxygen atoms in total. The average molecular weight is 995 g/mol. The Kier molecular flexibility index (Phi) is 49.2. The van der Waals surface area contributed by atoms with Gasteiger partial charge in [-0.05, 0) is 38.5 Å². The molecule has 1 aliphatic rings. The molecule has 70 heavy (non-hydrogen) atoms. The number of rotatable bonds is 54. The summed E-state index contributed by atoms with van der Waals surface area (Å²) < 4.78 is 11.3. The number of carbonyl (C=O) groups excluding carboxylic acids is 1. The van der Waals surface area contributed by atoms with E-state index in [0.29, 0.717) is 12.8 Å². The largest absolute Gasteiger partial charge is 0.394 e. The molecule has 0 saturated carbocycles. The second kappa shape index (κ2) is 51.4. The van der Waals surface area contributed by atoms with E-state index in [4.69, 9.17) is 9.47 Å². The van der Waals surface area contributed by atoms with Crippen LogP contribution < -0.4 is 5.32 Å². The van der Waals surface area contributed by atoms with Crippen LogP contribution in [-0.2, 0) is 14.3 Å². The van der Waals surface area contributed by atoms with Crippen molar-refractivity contribution in [2.24, 2.45) is 0 Å². The van der Waals surface area contributed by atoms with Gasteiger partial charge >= 0.3 is 0 Å². The number of unbranched alkanes of at least 4 members (excludes halogenated alkanes) is 42. The summed E-state index contributed by atoms with van der Waals surface area (Å²) in [6.07, 6.45) is 56.9. The fraction of sp³-hybridized carbons (Fsp3) is 0.951. The van der Waals surface area contributed by atoms with Gasteiger partial charge in [0.05, 0.1) is 25.4 Å². The van der Waals surface area contributed by atoms with Crippen molar-refractivity contribution >= 4 is 5.91 Å². The van der Waals surface area contributed by atoms with Crippen molar-refractivity contribution in [3.05, 3.63) is 12.2 Å². The van der Waals surface area contributed by atoms with Gasteiger partial charge in [0.1, 0.15) is 24.4 Å². The highest BCUT2D eigenvalue weighted by Gasteiger charge is 2.44. The fourth-order valence-electron chi connectivity index (χ4n) is 10.2. The Morgan fingerprint density at radius 2 is 0.800 bits per heavy atom. The fourth-order valence-corrected chi connectivity index (χ4v) is 10.2. The van der Waals surface area contributed by atoms with Crippen molar-refractivity contribution in [3.8, 4) is 0 Å². The molecule has 6 N–H and O–H groups in total. The Labute approximate surface area is 433 Å². The lowest BCUT2D eigenvalue weighted by Crippen LogP contribution is -2.60. The molecule has 7 unspecified atom stereocenters. The number of hydrogen-bond acceptors (Lipinski definition) is 8. The van der Waals surface area contributed by atoms with Crippen LogP contribution in [0.3, 0.4) is 0 Å². The summed E-state index contributed by atoms with van der Waals surface area (Å²) in [5.41, 5.74) is 0. The lowest BCUT2D eigenvalue weighted by Gasteiger charge is -2.40. The predicted molar refractivity (Wildman–Crippen MR) is 295 cm³/mol. The van der Waals surface area contributed by atoms with Crippen LogP contribution in [0.1, 0.15) is 316 Å². The second-order valence-corrected chi connectivity index (χ2v) is 21.9. The summed E-state index contributed by atoms with van der Waals surface area (Å²) in [5, 5.41) is 54.7. The van der Waals surface area contributed by atoms with Crippen molar-refractivity contribution in [3.63, 3.8) is 0 Å². The Bertz CT molecular complexity index is 1110. The number of carbonyl (C=O) groups is 1. The highest BCUT2D eigenvalue weighted by atomic mass is 16.7. The van der Waals surface area contributed by atoms with Gasteiger partial charge in [0.25, 0.3) is 0 Å². The quantitative estimate of drug-likeness (QED) is 0.0261. The summed E-state index contributed by atoms with van der Waals surface area (Å²) in [5.74, 6) is -0.137. The maximum absolute atomic E-state index is 13.1. The van der Waals surface area contributed by atoms with Gasteiger partial charge in [-0.15, -0.1) is 0 Å². The third-order valence-electron chi connectivity index (χ3n) is 15.1. The van der Waals surface area contributed by atoms with Crippen molar-refractivity contribution in [1.29, 1.82) is 0 Å². The standard InChI is InChI=1S/C61H119NO8/c1-3-5-7-9-11-13-15-17-19-21-22-23-24-25-26-27-28-29-30-31-32-33-34-35-37-39-41-43-45-47-49-51-57(65)62-54(53-69-61-60(68)59(67)58(66)56(52-63)70-61)55(64)50-48-46-44-42-40-38-36-20-18-16-14-12-10-8-6-4-2/h21-22,54-56,58-61,63-64,66-68H,3-20,23-53H2,1-2H3,(H,62,65)/b22-21-. The molecule has 0 aromatic rings. The van der Waals surface area contributed by atoms with Gasteiger partial charge in [0.2, 0.25) is 5.91 Å². The Hall–Kier alpha value is -1.07. The molecule has 1 saturated heterocycles. The first-order valence-electron chi connectivity index (χ1n) is 30.9. The monoisotopic (exact) mass is 994 g/mol. The number of nitrogens with one attached hydrogen (secondary N) is 1. The van der Waals surface area contributed by atoms with Crippen molar-refractivity contribution in [2.75, 3.05) is 13.2 Å². The Balaban J connectivity index is 2.11. The third-order valence-corrected chi connectivity index (χ3v) is 15.1. The van der Waals surface area contributed by atoms with E-state index < -0.39 is 49.5 Å². The maximum atomic E-state index is 13.1. The van der Waals surface area contributed by atoms with Crippen LogP contribution in [0.4, 0.5) is 0 Å². The van der Waals surface area contributed by atoms with Crippen LogP contribution in [0.15, 0.2) is 12.2 Å². The first kappa shape index (κ1) is 66.9. The van der Waals surface area contributed by atoms with E-state index >= 15 is 0 Å².